The summed E-state index contributed by atoms with van der Waals surface area (Å²) >= 11 is 0. The standard InChI is InChI=1S/C30H33N3O.ClH/c1-3-4-10-24-19-25-18-22-11-6-7-12-23(22)20-26(25)29(28(24)30(31)34)33-16-14-32(15-17-33)27-13-8-5-9-21(27)2;/h5-9,11-13,18-20H,3-4,10,14-17H2,1-2H3,(H2,31,34);1H. The Morgan fingerprint density at radius 3 is 2.14 bits per heavy atom. The van der Waals surface area contributed by atoms with Crippen molar-refractivity contribution in [2.75, 3.05) is 36.0 Å². The van der Waals surface area contributed by atoms with Crippen LogP contribution in [0.1, 0.15) is 41.3 Å². The molecule has 182 valence electrons. The smallest absolute Gasteiger partial charge is 0.251 e. The number of carbonyl (C=O) groups is 1. The van der Waals surface area contributed by atoms with E-state index in [1.807, 2.05) is 0 Å². The van der Waals surface area contributed by atoms with Gasteiger partial charge in [-0.25, -0.2) is 0 Å². The van der Waals surface area contributed by atoms with Gasteiger partial charge in [0.2, 0.25) is 0 Å². The summed E-state index contributed by atoms with van der Waals surface area (Å²) in [5.41, 5.74) is 11.5. The van der Waals surface area contributed by atoms with E-state index in [0.29, 0.717) is 5.56 Å². The van der Waals surface area contributed by atoms with Gasteiger partial charge in [-0.15, -0.1) is 12.4 Å². The number of piperazine rings is 1. The van der Waals surface area contributed by atoms with Gasteiger partial charge in [0.1, 0.15) is 0 Å². The second kappa shape index (κ2) is 10.6. The van der Waals surface area contributed by atoms with Crippen molar-refractivity contribution in [1.82, 2.24) is 0 Å². The molecule has 0 radical (unpaired) electrons. The quantitative estimate of drug-likeness (QED) is 0.316. The molecule has 0 unspecified atom stereocenters. The van der Waals surface area contributed by atoms with Crippen LogP contribution >= 0.6 is 12.4 Å². The highest BCUT2D eigenvalue weighted by Gasteiger charge is 2.26. The molecule has 0 atom stereocenters. The zero-order valence-electron chi connectivity index (χ0n) is 20.6. The molecular weight excluding hydrogens is 454 g/mol. The lowest BCUT2D eigenvalue weighted by Gasteiger charge is -2.39. The van der Waals surface area contributed by atoms with Crippen LogP contribution in [0.2, 0.25) is 0 Å². The average Bonchev–Trinajstić information content (AvgIpc) is 2.85. The predicted molar refractivity (Wildman–Crippen MR) is 151 cm³/mol. The van der Waals surface area contributed by atoms with Gasteiger partial charge in [-0.3, -0.25) is 4.79 Å². The van der Waals surface area contributed by atoms with Gasteiger partial charge in [-0.05, 0) is 65.3 Å². The lowest BCUT2D eigenvalue weighted by Crippen LogP contribution is -2.47. The number of hydrogen-bond donors (Lipinski definition) is 1. The SMILES string of the molecule is CCCCc1cc2cc3ccccc3cc2c(N2CCN(c3ccccc3C)CC2)c1C(N)=O.Cl. The summed E-state index contributed by atoms with van der Waals surface area (Å²) in [5.74, 6) is -0.322. The normalized spacial score (nSPS) is 13.8. The third kappa shape index (κ3) is 4.81. The van der Waals surface area contributed by atoms with Crippen LogP contribution in [0.15, 0.2) is 66.7 Å². The van der Waals surface area contributed by atoms with Crippen LogP contribution in [0.4, 0.5) is 11.4 Å². The van der Waals surface area contributed by atoms with Crippen molar-refractivity contribution >= 4 is 51.2 Å². The number of nitrogens with two attached hydrogens (primary N) is 1. The van der Waals surface area contributed by atoms with Crippen molar-refractivity contribution in [3.63, 3.8) is 0 Å². The number of rotatable bonds is 6. The molecule has 1 amide bonds. The molecule has 1 aliphatic rings. The monoisotopic (exact) mass is 487 g/mol. The molecule has 0 aliphatic carbocycles. The van der Waals surface area contributed by atoms with E-state index in [9.17, 15) is 4.79 Å². The third-order valence-corrected chi connectivity index (χ3v) is 7.16. The third-order valence-electron chi connectivity index (χ3n) is 7.16. The number of hydrogen-bond acceptors (Lipinski definition) is 3. The van der Waals surface area contributed by atoms with Crippen molar-refractivity contribution in [2.24, 2.45) is 5.73 Å². The van der Waals surface area contributed by atoms with Gasteiger partial charge in [-0.2, -0.15) is 0 Å². The summed E-state index contributed by atoms with van der Waals surface area (Å²) in [6.45, 7) is 7.89. The molecule has 1 fully saturated rings. The van der Waals surface area contributed by atoms with E-state index in [4.69, 9.17) is 5.73 Å². The van der Waals surface area contributed by atoms with Gasteiger partial charge >= 0.3 is 0 Å². The fraction of sp³-hybridized carbons (Fsp3) is 0.300. The number of benzene rings is 4. The Balaban J connectivity index is 0.00000289. The molecule has 4 nitrogen and oxygen atoms in total. The predicted octanol–water partition coefficient (Wildman–Crippen LogP) is 6.49. The molecule has 35 heavy (non-hydrogen) atoms. The molecule has 2 N–H and O–H groups in total. The van der Waals surface area contributed by atoms with E-state index in [0.717, 1.165) is 62.1 Å². The number of unbranched alkanes of at least 4 members (excludes halogenated alkanes) is 1. The first kappa shape index (κ1) is 24.9. The van der Waals surface area contributed by atoms with E-state index in [2.05, 4.69) is 90.4 Å². The second-order valence-electron chi connectivity index (χ2n) is 9.41. The minimum absolute atomic E-state index is 0. The van der Waals surface area contributed by atoms with Crippen molar-refractivity contribution in [3.8, 4) is 0 Å². The Labute approximate surface area is 214 Å². The molecule has 0 bridgehead atoms. The second-order valence-corrected chi connectivity index (χ2v) is 9.41. The molecule has 1 aliphatic heterocycles. The van der Waals surface area contributed by atoms with E-state index in [1.165, 1.54) is 27.4 Å². The zero-order valence-corrected chi connectivity index (χ0v) is 21.4. The summed E-state index contributed by atoms with van der Waals surface area (Å²) in [7, 11) is 0. The van der Waals surface area contributed by atoms with Crippen LogP contribution < -0.4 is 15.5 Å². The first-order valence-corrected chi connectivity index (χ1v) is 12.4. The summed E-state index contributed by atoms with van der Waals surface area (Å²) in [4.78, 5) is 17.7. The molecule has 5 heteroatoms. The van der Waals surface area contributed by atoms with Crippen LogP contribution in [-0.2, 0) is 6.42 Å². The molecule has 0 aromatic heterocycles. The van der Waals surface area contributed by atoms with Crippen molar-refractivity contribution < 1.29 is 4.79 Å². The number of para-hydroxylation sites is 1. The fourth-order valence-electron chi connectivity index (χ4n) is 5.39. The molecule has 0 saturated carbocycles. The largest absolute Gasteiger partial charge is 0.368 e. The Bertz CT molecular complexity index is 1360. The van der Waals surface area contributed by atoms with Gasteiger partial charge in [0.05, 0.1) is 11.3 Å². The van der Waals surface area contributed by atoms with Gasteiger partial charge in [0.25, 0.3) is 5.91 Å². The van der Waals surface area contributed by atoms with Crippen LogP contribution in [0.3, 0.4) is 0 Å². The first-order chi connectivity index (χ1) is 16.6. The molecule has 1 saturated heterocycles. The van der Waals surface area contributed by atoms with Crippen LogP contribution in [0.5, 0.6) is 0 Å². The zero-order chi connectivity index (χ0) is 23.7. The molecule has 4 aromatic carbocycles. The van der Waals surface area contributed by atoms with E-state index in [-0.39, 0.29) is 18.3 Å². The van der Waals surface area contributed by atoms with Crippen LogP contribution in [0, 0.1) is 6.92 Å². The lowest BCUT2D eigenvalue weighted by atomic mass is 9.92. The minimum Gasteiger partial charge on any atom is -0.368 e. The number of fused-ring (bicyclic) bond motifs is 2. The van der Waals surface area contributed by atoms with Crippen molar-refractivity contribution in [2.45, 2.75) is 33.1 Å². The van der Waals surface area contributed by atoms with Gasteiger partial charge in [0, 0.05) is 37.3 Å². The molecular formula is C30H34ClN3O. The highest BCUT2D eigenvalue weighted by molar-refractivity contribution is 6.12. The summed E-state index contributed by atoms with van der Waals surface area (Å²) in [6.07, 6.45) is 2.99. The highest BCUT2D eigenvalue weighted by Crippen LogP contribution is 2.37. The number of halogens is 1. The summed E-state index contributed by atoms with van der Waals surface area (Å²) in [5, 5.41) is 4.72. The summed E-state index contributed by atoms with van der Waals surface area (Å²) < 4.78 is 0. The summed E-state index contributed by atoms with van der Waals surface area (Å²) in [6, 6.07) is 23.7. The number of primary amides is 1. The van der Waals surface area contributed by atoms with Crippen molar-refractivity contribution in [3.05, 3.63) is 83.4 Å². The van der Waals surface area contributed by atoms with E-state index >= 15 is 0 Å². The topological polar surface area (TPSA) is 49.6 Å². The van der Waals surface area contributed by atoms with E-state index in [1.54, 1.807) is 0 Å². The Morgan fingerprint density at radius 2 is 1.49 bits per heavy atom. The minimum atomic E-state index is -0.322. The van der Waals surface area contributed by atoms with E-state index < -0.39 is 0 Å². The number of nitrogens with zero attached hydrogens (tertiary/aromatic N) is 2. The maximum Gasteiger partial charge on any atom is 0.251 e. The van der Waals surface area contributed by atoms with Crippen LogP contribution in [0.25, 0.3) is 21.5 Å². The van der Waals surface area contributed by atoms with Gasteiger partial charge in [-0.1, -0.05) is 61.9 Å². The average molecular weight is 488 g/mol. The number of anilines is 2. The number of carbonyl (C=O) groups excluding carboxylic acids is 1. The van der Waals surface area contributed by atoms with Gasteiger partial charge in [0.15, 0.2) is 0 Å². The van der Waals surface area contributed by atoms with Gasteiger partial charge < -0.3 is 15.5 Å². The maximum absolute atomic E-state index is 12.9. The number of aryl methyl sites for hydroxylation is 2. The Kier molecular flexibility index (Phi) is 7.51. The Hall–Kier alpha value is -3.24. The molecule has 4 aromatic rings. The fourth-order valence-corrected chi connectivity index (χ4v) is 5.39. The molecule has 5 rings (SSSR count). The first-order valence-electron chi connectivity index (χ1n) is 12.4. The Morgan fingerprint density at radius 1 is 0.857 bits per heavy atom. The highest BCUT2D eigenvalue weighted by atomic mass is 35.5. The van der Waals surface area contributed by atoms with Crippen molar-refractivity contribution in [1.29, 1.82) is 0 Å². The molecule has 1 heterocycles. The number of amides is 1. The lowest BCUT2D eigenvalue weighted by molar-refractivity contribution is 0.1000. The molecule has 0 spiro atoms. The maximum atomic E-state index is 12.9. The van der Waals surface area contributed by atoms with Crippen LogP contribution in [-0.4, -0.2) is 32.1 Å².